The summed E-state index contributed by atoms with van der Waals surface area (Å²) in [7, 11) is 3.88. The summed E-state index contributed by atoms with van der Waals surface area (Å²) in [5.41, 5.74) is 0.375. The smallest absolute Gasteiger partial charge is 0.166 e. The van der Waals surface area contributed by atoms with Gasteiger partial charge in [0.1, 0.15) is 0 Å². The first-order chi connectivity index (χ1) is 8.06. The van der Waals surface area contributed by atoms with Crippen LogP contribution in [-0.2, 0) is 4.74 Å². The zero-order valence-electron chi connectivity index (χ0n) is 11.2. The molecule has 0 aliphatic carbocycles. The van der Waals surface area contributed by atoms with Gasteiger partial charge < -0.3 is 20.3 Å². The lowest BCUT2D eigenvalue weighted by molar-refractivity contribution is 0.142. The number of nitrogens with one attached hydrogen (secondary N) is 2. The molecule has 0 saturated carbocycles. The Morgan fingerprint density at radius 3 is 2.59 bits per heavy atom. The van der Waals surface area contributed by atoms with Gasteiger partial charge in [-0.1, -0.05) is 6.92 Å². The minimum atomic E-state index is 0.375. The second-order valence-corrected chi connectivity index (χ2v) is 5.62. The van der Waals surface area contributed by atoms with Crippen LogP contribution in [0.25, 0.3) is 0 Å². The predicted octanol–water partition coefficient (Wildman–Crippen LogP) is 0.829. The predicted molar refractivity (Wildman–Crippen MR) is 75.3 cm³/mol. The van der Waals surface area contributed by atoms with Crippen LogP contribution in [0.2, 0.25) is 0 Å². The molecule has 1 aliphatic rings. The average Bonchev–Trinajstić information content (AvgIpc) is 2.32. The van der Waals surface area contributed by atoms with Crippen LogP contribution in [0.15, 0.2) is 0 Å². The summed E-state index contributed by atoms with van der Waals surface area (Å²) in [5.74, 6) is 0. The molecule has 0 aromatic rings. The van der Waals surface area contributed by atoms with E-state index in [0.29, 0.717) is 12.0 Å². The number of hydrogen-bond donors (Lipinski definition) is 2. The van der Waals surface area contributed by atoms with Crippen molar-refractivity contribution in [3.63, 3.8) is 0 Å². The molecule has 0 spiro atoms. The highest BCUT2D eigenvalue weighted by Crippen LogP contribution is 2.29. The molecule has 0 bridgehead atoms. The lowest BCUT2D eigenvalue weighted by Gasteiger charge is -2.38. The van der Waals surface area contributed by atoms with Crippen LogP contribution in [0, 0.1) is 5.41 Å². The van der Waals surface area contributed by atoms with Gasteiger partial charge in [-0.25, -0.2) is 0 Å². The van der Waals surface area contributed by atoms with Crippen LogP contribution in [0.3, 0.4) is 0 Å². The van der Waals surface area contributed by atoms with Gasteiger partial charge in [-0.3, -0.25) is 0 Å². The van der Waals surface area contributed by atoms with Crippen molar-refractivity contribution in [2.75, 3.05) is 46.9 Å². The molecule has 1 aliphatic heterocycles. The van der Waals surface area contributed by atoms with Crippen molar-refractivity contribution in [2.45, 2.75) is 19.8 Å². The van der Waals surface area contributed by atoms with Crippen molar-refractivity contribution < 1.29 is 4.74 Å². The van der Waals surface area contributed by atoms with Gasteiger partial charge in [0, 0.05) is 20.2 Å². The fraction of sp³-hybridized carbons (Fsp3) is 0.917. The summed E-state index contributed by atoms with van der Waals surface area (Å²) in [6.45, 7) is 7.11. The highest BCUT2D eigenvalue weighted by molar-refractivity contribution is 7.80. The summed E-state index contributed by atoms with van der Waals surface area (Å²) in [6.07, 6.45) is 2.47. The number of likely N-dealkylation sites (tertiary alicyclic amines) is 1. The van der Waals surface area contributed by atoms with Crippen LogP contribution in [-0.4, -0.2) is 57.0 Å². The maximum atomic E-state index is 5.22. The average molecular weight is 259 g/mol. The van der Waals surface area contributed by atoms with E-state index >= 15 is 0 Å². The zero-order chi connectivity index (χ0) is 12.7. The summed E-state index contributed by atoms with van der Waals surface area (Å²) >= 11 is 5.22. The molecule has 0 aromatic carbocycles. The second kappa shape index (κ2) is 7.13. The van der Waals surface area contributed by atoms with E-state index in [1.807, 2.05) is 0 Å². The van der Waals surface area contributed by atoms with E-state index in [1.165, 1.54) is 25.9 Å². The Hall–Kier alpha value is -0.390. The number of rotatable bonds is 5. The maximum Gasteiger partial charge on any atom is 0.166 e. The first-order valence-corrected chi connectivity index (χ1v) is 6.66. The molecule has 0 radical (unpaired) electrons. The van der Waals surface area contributed by atoms with Crippen LogP contribution in [0.4, 0.5) is 0 Å². The van der Waals surface area contributed by atoms with Gasteiger partial charge in [0.05, 0.1) is 6.61 Å². The Kier molecular flexibility index (Phi) is 6.16. The van der Waals surface area contributed by atoms with Crippen LogP contribution >= 0.6 is 12.2 Å². The highest BCUT2D eigenvalue weighted by atomic mass is 32.1. The molecule has 17 heavy (non-hydrogen) atoms. The van der Waals surface area contributed by atoms with Gasteiger partial charge in [0.2, 0.25) is 0 Å². The third-order valence-electron chi connectivity index (χ3n) is 3.46. The standard InChI is InChI=1S/C12H25N3OS/c1-12(4-7-15(2)8-5-12)10-14-11(17)13-6-9-16-3/h4-10H2,1-3H3,(H2,13,14,17). The Balaban J connectivity index is 2.18. The van der Waals surface area contributed by atoms with Crippen molar-refractivity contribution in [3.8, 4) is 0 Å². The van der Waals surface area contributed by atoms with Gasteiger partial charge in [-0.05, 0) is 50.6 Å². The lowest BCUT2D eigenvalue weighted by atomic mass is 9.80. The molecule has 5 heteroatoms. The normalized spacial score (nSPS) is 19.9. The maximum absolute atomic E-state index is 5.22. The molecular formula is C12H25N3OS. The van der Waals surface area contributed by atoms with Crippen LogP contribution in [0.5, 0.6) is 0 Å². The molecule has 0 unspecified atom stereocenters. The van der Waals surface area contributed by atoms with Crippen molar-refractivity contribution in [1.82, 2.24) is 15.5 Å². The van der Waals surface area contributed by atoms with E-state index in [2.05, 4.69) is 29.5 Å². The van der Waals surface area contributed by atoms with Crippen molar-refractivity contribution in [2.24, 2.45) is 5.41 Å². The van der Waals surface area contributed by atoms with Gasteiger partial charge in [-0.15, -0.1) is 0 Å². The summed E-state index contributed by atoms with van der Waals surface area (Å²) < 4.78 is 4.96. The number of thiocarbonyl (C=S) groups is 1. The summed E-state index contributed by atoms with van der Waals surface area (Å²) in [6, 6.07) is 0. The third-order valence-corrected chi connectivity index (χ3v) is 3.75. The zero-order valence-corrected chi connectivity index (χ0v) is 12.0. The van der Waals surface area contributed by atoms with Crippen LogP contribution in [0.1, 0.15) is 19.8 Å². The van der Waals surface area contributed by atoms with Gasteiger partial charge in [0.15, 0.2) is 5.11 Å². The topological polar surface area (TPSA) is 36.5 Å². The van der Waals surface area contributed by atoms with Gasteiger partial charge >= 0.3 is 0 Å². The number of nitrogens with zero attached hydrogens (tertiary/aromatic N) is 1. The number of hydrogen-bond acceptors (Lipinski definition) is 3. The second-order valence-electron chi connectivity index (χ2n) is 5.22. The molecule has 0 atom stereocenters. The monoisotopic (exact) mass is 259 g/mol. The molecule has 100 valence electrons. The largest absolute Gasteiger partial charge is 0.383 e. The number of piperidine rings is 1. The molecular weight excluding hydrogens is 234 g/mol. The summed E-state index contributed by atoms with van der Waals surface area (Å²) in [5, 5.41) is 7.19. The van der Waals surface area contributed by atoms with Crippen molar-refractivity contribution in [3.05, 3.63) is 0 Å². The van der Waals surface area contributed by atoms with E-state index in [4.69, 9.17) is 17.0 Å². The highest BCUT2D eigenvalue weighted by Gasteiger charge is 2.28. The minimum Gasteiger partial charge on any atom is -0.383 e. The van der Waals surface area contributed by atoms with Crippen molar-refractivity contribution >= 4 is 17.3 Å². The van der Waals surface area contributed by atoms with E-state index in [-0.39, 0.29) is 0 Å². The van der Waals surface area contributed by atoms with Gasteiger partial charge in [-0.2, -0.15) is 0 Å². The Bertz CT molecular complexity index is 240. The summed E-state index contributed by atoms with van der Waals surface area (Å²) in [4.78, 5) is 2.39. The Morgan fingerprint density at radius 2 is 2.00 bits per heavy atom. The first-order valence-electron chi connectivity index (χ1n) is 6.25. The van der Waals surface area contributed by atoms with E-state index < -0.39 is 0 Å². The van der Waals surface area contributed by atoms with E-state index in [1.54, 1.807) is 7.11 Å². The van der Waals surface area contributed by atoms with Crippen LogP contribution < -0.4 is 10.6 Å². The number of ether oxygens (including phenoxy) is 1. The fourth-order valence-corrected chi connectivity index (χ4v) is 2.13. The molecule has 1 heterocycles. The first kappa shape index (κ1) is 14.7. The molecule has 4 nitrogen and oxygen atoms in total. The van der Waals surface area contributed by atoms with E-state index in [0.717, 1.165) is 18.2 Å². The Morgan fingerprint density at radius 1 is 1.35 bits per heavy atom. The minimum absolute atomic E-state index is 0.375. The molecule has 1 saturated heterocycles. The quantitative estimate of drug-likeness (QED) is 0.565. The molecule has 0 amide bonds. The molecule has 0 aromatic heterocycles. The Labute approximate surface area is 110 Å². The third kappa shape index (κ3) is 5.66. The van der Waals surface area contributed by atoms with Crippen molar-refractivity contribution in [1.29, 1.82) is 0 Å². The molecule has 2 N–H and O–H groups in total. The fourth-order valence-electron chi connectivity index (χ4n) is 1.96. The SMILES string of the molecule is COCCNC(=S)NCC1(C)CCN(C)CC1. The molecule has 1 fully saturated rings. The molecule has 1 rings (SSSR count). The lowest BCUT2D eigenvalue weighted by Crippen LogP contribution is -2.46. The number of methoxy groups -OCH3 is 1. The van der Waals surface area contributed by atoms with E-state index in [9.17, 15) is 0 Å². The van der Waals surface area contributed by atoms with Gasteiger partial charge in [0.25, 0.3) is 0 Å².